The van der Waals surface area contributed by atoms with Crippen LogP contribution in [0.2, 0.25) is 0 Å². The number of alkyl halides is 1. The highest BCUT2D eigenvalue weighted by molar-refractivity contribution is 9.09. The molecule has 84 valence electrons. The zero-order valence-electron chi connectivity index (χ0n) is 8.34. The molecule has 0 saturated carbocycles. The average molecular weight is 293 g/mol. The molecule has 0 aliphatic carbocycles. The van der Waals surface area contributed by atoms with Crippen LogP contribution >= 0.6 is 28.3 Å². The molecule has 2 heterocycles. The van der Waals surface area contributed by atoms with Gasteiger partial charge in [0.25, 0.3) is 0 Å². The molecule has 5 heteroatoms. The zero-order chi connectivity index (χ0) is 9.97. The highest BCUT2D eigenvalue weighted by atomic mass is 79.9. The SMILES string of the molecule is Cl.NC1CCC(Br)N(c2ccccn2)C1. The van der Waals surface area contributed by atoms with Gasteiger partial charge in [0.1, 0.15) is 5.82 Å². The van der Waals surface area contributed by atoms with Crippen molar-refractivity contribution in [3.63, 3.8) is 0 Å². The van der Waals surface area contributed by atoms with Crippen LogP contribution in [0.15, 0.2) is 24.4 Å². The minimum Gasteiger partial charge on any atom is -0.342 e. The van der Waals surface area contributed by atoms with E-state index >= 15 is 0 Å². The smallest absolute Gasteiger partial charge is 0.129 e. The summed E-state index contributed by atoms with van der Waals surface area (Å²) in [6.07, 6.45) is 3.98. The van der Waals surface area contributed by atoms with Crippen LogP contribution in [0.5, 0.6) is 0 Å². The maximum atomic E-state index is 5.93. The lowest BCUT2D eigenvalue weighted by Gasteiger charge is -2.36. The van der Waals surface area contributed by atoms with E-state index in [0.717, 1.165) is 25.2 Å². The molecule has 2 rings (SSSR count). The van der Waals surface area contributed by atoms with E-state index in [4.69, 9.17) is 5.73 Å². The van der Waals surface area contributed by atoms with E-state index in [1.165, 1.54) is 0 Å². The van der Waals surface area contributed by atoms with Crippen LogP contribution < -0.4 is 10.6 Å². The summed E-state index contributed by atoms with van der Waals surface area (Å²) in [6, 6.07) is 6.22. The summed E-state index contributed by atoms with van der Waals surface area (Å²) < 4.78 is 0. The summed E-state index contributed by atoms with van der Waals surface area (Å²) in [7, 11) is 0. The van der Waals surface area contributed by atoms with E-state index in [0.29, 0.717) is 4.95 Å². The number of anilines is 1. The minimum atomic E-state index is 0. The van der Waals surface area contributed by atoms with Crippen LogP contribution in [-0.2, 0) is 0 Å². The van der Waals surface area contributed by atoms with Gasteiger partial charge < -0.3 is 10.6 Å². The van der Waals surface area contributed by atoms with Crippen LogP contribution in [0.25, 0.3) is 0 Å². The van der Waals surface area contributed by atoms with Crippen LogP contribution in [0.1, 0.15) is 12.8 Å². The normalized spacial score (nSPS) is 25.9. The van der Waals surface area contributed by atoms with Gasteiger partial charge in [-0.15, -0.1) is 12.4 Å². The Bertz CT molecular complexity index is 296. The van der Waals surface area contributed by atoms with Crippen molar-refractivity contribution in [1.82, 2.24) is 4.98 Å². The largest absolute Gasteiger partial charge is 0.342 e. The van der Waals surface area contributed by atoms with Gasteiger partial charge in [0.15, 0.2) is 0 Å². The van der Waals surface area contributed by atoms with Crippen molar-refractivity contribution in [3.05, 3.63) is 24.4 Å². The molecule has 0 aromatic carbocycles. The molecule has 2 N–H and O–H groups in total. The van der Waals surface area contributed by atoms with E-state index in [9.17, 15) is 0 Å². The fraction of sp³-hybridized carbons (Fsp3) is 0.500. The maximum absolute atomic E-state index is 5.93. The maximum Gasteiger partial charge on any atom is 0.129 e. The molecule has 0 radical (unpaired) electrons. The first-order valence-electron chi connectivity index (χ1n) is 4.84. The number of halogens is 2. The molecule has 3 nitrogen and oxygen atoms in total. The molecule has 1 saturated heterocycles. The van der Waals surface area contributed by atoms with Gasteiger partial charge in [0, 0.05) is 18.8 Å². The fourth-order valence-corrected chi connectivity index (χ4v) is 2.37. The van der Waals surface area contributed by atoms with Crippen molar-refractivity contribution >= 4 is 34.2 Å². The van der Waals surface area contributed by atoms with Gasteiger partial charge >= 0.3 is 0 Å². The second-order valence-electron chi connectivity index (χ2n) is 3.61. The van der Waals surface area contributed by atoms with Gasteiger partial charge in [0.2, 0.25) is 0 Å². The number of nitrogens with zero attached hydrogens (tertiary/aromatic N) is 2. The van der Waals surface area contributed by atoms with Crippen molar-refractivity contribution in [2.24, 2.45) is 5.73 Å². The highest BCUT2D eigenvalue weighted by Gasteiger charge is 2.24. The number of piperidine rings is 1. The van der Waals surface area contributed by atoms with Crippen molar-refractivity contribution in [3.8, 4) is 0 Å². The number of rotatable bonds is 1. The van der Waals surface area contributed by atoms with Gasteiger partial charge in [-0.1, -0.05) is 22.0 Å². The molecule has 1 aromatic heterocycles. The van der Waals surface area contributed by atoms with Crippen molar-refractivity contribution in [2.75, 3.05) is 11.4 Å². The molecule has 0 bridgehead atoms. The van der Waals surface area contributed by atoms with Gasteiger partial charge in [-0.2, -0.15) is 0 Å². The molecule has 0 amide bonds. The number of hydrogen-bond donors (Lipinski definition) is 1. The topological polar surface area (TPSA) is 42.1 Å². The minimum absolute atomic E-state index is 0. The highest BCUT2D eigenvalue weighted by Crippen LogP contribution is 2.25. The van der Waals surface area contributed by atoms with Gasteiger partial charge in [0.05, 0.1) is 4.95 Å². The van der Waals surface area contributed by atoms with Crippen LogP contribution in [0, 0.1) is 0 Å². The molecule has 1 fully saturated rings. The Morgan fingerprint density at radius 2 is 2.20 bits per heavy atom. The lowest BCUT2D eigenvalue weighted by molar-refractivity contribution is 0.487. The predicted octanol–water partition coefficient (Wildman–Crippen LogP) is 2.15. The number of hydrogen-bond acceptors (Lipinski definition) is 3. The summed E-state index contributed by atoms with van der Waals surface area (Å²) in [5, 5.41) is 0. The van der Waals surface area contributed by atoms with Gasteiger partial charge in [-0.3, -0.25) is 0 Å². The third-order valence-electron chi connectivity index (χ3n) is 2.49. The number of pyridine rings is 1. The fourth-order valence-electron chi connectivity index (χ4n) is 1.73. The van der Waals surface area contributed by atoms with Crippen molar-refractivity contribution in [1.29, 1.82) is 0 Å². The molecule has 2 atom stereocenters. The molecular weight excluding hydrogens is 277 g/mol. The molecule has 1 aliphatic rings. The average Bonchev–Trinajstić information content (AvgIpc) is 2.23. The lowest BCUT2D eigenvalue weighted by Crippen LogP contribution is -2.46. The molecular formula is C10H15BrClN3. The van der Waals surface area contributed by atoms with E-state index in [1.807, 2.05) is 24.4 Å². The number of aromatic nitrogens is 1. The summed E-state index contributed by atoms with van der Waals surface area (Å²) >= 11 is 3.65. The summed E-state index contributed by atoms with van der Waals surface area (Å²) in [6.45, 7) is 0.882. The van der Waals surface area contributed by atoms with Gasteiger partial charge in [-0.05, 0) is 25.0 Å². The van der Waals surface area contributed by atoms with E-state index in [2.05, 4.69) is 25.8 Å². The van der Waals surface area contributed by atoms with Crippen LogP contribution in [-0.4, -0.2) is 22.5 Å². The van der Waals surface area contributed by atoms with Gasteiger partial charge in [-0.25, -0.2) is 4.98 Å². The molecule has 2 unspecified atom stereocenters. The Labute approximate surface area is 105 Å². The summed E-state index contributed by atoms with van der Waals surface area (Å²) in [5.41, 5.74) is 5.93. The molecule has 15 heavy (non-hydrogen) atoms. The van der Waals surface area contributed by atoms with E-state index in [1.54, 1.807) is 0 Å². The Morgan fingerprint density at radius 3 is 2.87 bits per heavy atom. The molecule has 0 spiro atoms. The van der Waals surface area contributed by atoms with E-state index < -0.39 is 0 Å². The Kier molecular flexibility index (Phi) is 4.83. The Hall–Kier alpha value is -0.320. The van der Waals surface area contributed by atoms with E-state index in [-0.39, 0.29) is 18.4 Å². The third kappa shape index (κ3) is 3.06. The standard InChI is InChI=1S/C10H14BrN3.ClH/c11-9-5-4-8(12)7-14(9)10-3-1-2-6-13-10;/h1-3,6,8-9H,4-5,7,12H2;1H. The zero-order valence-corrected chi connectivity index (χ0v) is 10.7. The third-order valence-corrected chi connectivity index (χ3v) is 3.44. The quantitative estimate of drug-likeness (QED) is 0.637. The summed E-state index contributed by atoms with van der Waals surface area (Å²) in [5.74, 6) is 1.00. The Balaban J connectivity index is 0.00000112. The van der Waals surface area contributed by atoms with Crippen molar-refractivity contribution < 1.29 is 0 Å². The first-order valence-corrected chi connectivity index (χ1v) is 5.76. The monoisotopic (exact) mass is 291 g/mol. The van der Waals surface area contributed by atoms with Crippen LogP contribution in [0.3, 0.4) is 0 Å². The Morgan fingerprint density at radius 1 is 1.40 bits per heavy atom. The summed E-state index contributed by atoms with van der Waals surface area (Å²) in [4.78, 5) is 6.92. The van der Waals surface area contributed by atoms with Crippen molar-refractivity contribution in [2.45, 2.75) is 23.8 Å². The molecule has 1 aliphatic heterocycles. The lowest BCUT2D eigenvalue weighted by atomic mass is 10.1. The second kappa shape index (κ2) is 5.68. The predicted molar refractivity (Wildman–Crippen MR) is 68.8 cm³/mol. The first kappa shape index (κ1) is 12.7. The molecule has 1 aromatic rings. The van der Waals surface area contributed by atoms with Crippen LogP contribution in [0.4, 0.5) is 5.82 Å². The second-order valence-corrected chi connectivity index (χ2v) is 4.67. The number of nitrogens with two attached hydrogens (primary N) is 1. The first-order chi connectivity index (χ1) is 6.77.